The van der Waals surface area contributed by atoms with Gasteiger partial charge in [-0.15, -0.1) is 0 Å². The minimum Gasteiger partial charge on any atom is -0.497 e. The first-order valence-corrected chi connectivity index (χ1v) is 7.53. The minimum absolute atomic E-state index is 0.00946. The van der Waals surface area contributed by atoms with Gasteiger partial charge in [0.1, 0.15) is 11.4 Å². The van der Waals surface area contributed by atoms with E-state index in [4.69, 9.17) is 4.74 Å². The van der Waals surface area contributed by atoms with Crippen LogP contribution in [0.1, 0.15) is 50.5 Å². The third-order valence-electron chi connectivity index (χ3n) is 4.25. The highest BCUT2D eigenvalue weighted by atomic mass is 16.5. The average molecular weight is 276 g/mol. The van der Waals surface area contributed by atoms with Gasteiger partial charge in [0.25, 0.3) is 0 Å². The van der Waals surface area contributed by atoms with Crippen LogP contribution in [0.25, 0.3) is 0 Å². The average Bonchev–Trinajstić information content (AvgIpc) is 2.71. The number of carbonyl (C=O) groups is 1. The number of hydrogen-bond acceptors (Lipinski definition) is 3. The van der Waals surface area contributed by atoms with E-state index in [2.05, 4.69) is 0 Å². The molecule has 0 amide bonds. The molecule has 1 aromatic rings. The van der Waals surface area contributed by atoms with Crippen LogP contribution in [0.4, 0.5) is 0 Å². The molecule has 110 valence electrons. The van der Waals surface area contributed by atoms with E-state index >= 15 is 0 Å². The van der Waals surface area contributed by atoms with Crippen molar-refractivity contribution in [3.8, 4) is 5.75 Å². The number of benzene rings is 1. The maximum atomic E-state index is 12.3. The van der Waals surface area contributed by atoms with Crippen molar-refractivity contribution >= 4 is 5.78 Å². The number of aryl methyl sites for hydroxylation is 1. The number of methoxy groups -OCH3 is 1. The Balaban J connectivity index is 1.90. The van der Waals surface area contributed by atoms with Crippen LogP contribution in [-0.4, -0.2) is 23.6 Å². The first-order chi connectivity index (χ1) is 9.64. The Morgan fingerprint density at radius 1 is 1.15 bits per heavy atom. The van der Waals surface area contributed by atoms with E-state index in [0.29, 0.717) is 25.7 Å². The molecule has 1 N–H and O–H groups in total. The van der Waals surface area contributed by atoms with Crippen molar-refractivity contribution in [3.05, 3.63) is 29.8 Å². The van der Waals surface area contributed by atoms with Crippen LogP contribution >= 0.6 is 0 Å². The summed E-state index contributed by atoms with van der Waals surface area (Å²) in [5.74, 6) is 0.831. The normalized spacial score (nSPS) is 18.3. The van der Waals surface area contributed by atoms with E-state index in [1.54, 1.807) is 7.11 Å². The fourth-order valence-corrected chi connectivity index (χ4v) is 2.88. The topological polar surface area (TPSA) is 46.5 Å². The highest BCUT2D eigenvalue weighted by molar-refractivity contribution is 5.87. The highest BCUT2D eigenvalue weighted by Crippen LogP contribution is 2.29. The quantitative estimate of drug-likeness (QED) is 0.839. The molecular weight excluding hydrogens is 252 g/mol. The summed E-state index contributed by atoms with van der Waals surface area (Å²) < 4.78 is 5.11. The maximum absolute atomic E-state index is 12.3. The Morgan fingerprint density at radius 2 is 1.75 bits per heavy atom. The third kappa shape index (κ3) is 3.83. The SMILES string of the molecule is COc1ccc(CCC(=O)C2(O)CCCCCC2)cc1. The molecule has 1 aliphatic carbocycles. The van der Waals surface area contributed by atoms with E-state index in [0.717, 1.165) is 37.0 Å². The Bertz CT molecular complexity index is 428. The highest BCUT2D eigenvalue weighted by Gasteiger charge is 2.34. The molecule has 2 rings (SSSR count). The molecule has 0 saturated heterocycles. The number of Topliss-reactive ketones (excluding diaryl/α,β-unsaturated/α-hetero) is 1. The molecule has 0 heterocycles. The van der Waals surface area contributed by atoms with Gasteiger partial charge in [-0.25, -0.2) is 0 Å². The summed E-state index contributed by atoms with van der Waals surface area (Å²) in [5, 5.41) is 10.5. The molecule has 0 unspecified atom stereocenters. The smallest absolute Gasteiger partial charge is 0.164 e. The van der Waals surface area contributed by atoms with Gasteiger partial charge >= 0.3 is 0 Å². The zero-order chi connectivity index (χ0) is 14.4. The fourth-order valence-electron chi connectivity index (χ4n) is 2.88. The molecule has 0 spiro atoms. The zero-order valence-electron chi connectivity index (χ0n) is 12.2. The first-order valence-electron chi connectivity index (χ1n) is 7.53. The second-order valence-electron chi connectivity index (χ2n) is 5.72. The molecule has 20 heavy (non-hydrogen) atoms. The Hall–Kier alpha value is -1.35. The molecule has 0 bridgehead atoms. The van der Waals surface area contributed by atoms with Crippen LogP contribution in [0.15, 0.2) is 24.3 Å². The van der Waals surface area contributed by atoms with Gasteiger partial charge in [0.15, 0.2) is 5.78 Å². The van der Waals surface area contributed by atoms with Crippen molar-refractivity contribution < 1.29 is 14.6 Å². The monoisotopic (exact) mass is 276 g/mol. The van der Waals surface area contributed by atoms with Gasteiger partial charge in [-0.3, -0.25) is 4.79 Å². The van der Waals surface area contributed by atoms with Gasteiger partial charge in [-0.05, 0) is 37.0 Å². The summed E-state index contributed by atoms with van der Waals surface area (Å²) in [6.07, 6.45) is 6.56. The van der Waals surface area contributed by atoms with Crippen molar-refractivity contribution in [1.82, 2.24) is 0 Å². The van der Waals surface area contributed by atoms with Crippen LogP contribution in [0.5, 0.6) is 5.75 Å². The number of ketones is 1. The van der Waals surface area contributed by atoms with Gasteiger partial charge < -0.3 is 9.84 Å². The molecule has 1 aromatic carbocycles. The Labute approximate surface area is 121 Å². The van der Waals surface area contributed by atoms with Crippen molar-refractivity contribution in [3.63, 3.8) is 0 Å². The van der Waals surface area contributed by atoms with Crippen LogP contribution in [0.2, 0.25) is 0 Å². The van der Waals surface area contributed by atoms with Crippen LogP contribution < -0.4 is 4.74 Å². The van der Waals surface area contributed by atoms with Crippen molar-refractivity contribution in [1.29, 1.82) is 0 Å². The van der Waals surface area contributed by atoms with Crippen molar-refractivity contribution in [2.45, 2.75) is 57.0 Å². The van der Waals surface area contributed by atoms with Gasteiger partial charge in [0.2, 0.25) is 0 Å². The molecule has 1 fully saturated rings. The molecule has 0 atom stereocenters. The summed E-state index contributed by atoms with van der Waals surface area (Å²) in [4.78, 5) is 12.3. The number of hydrogen-bond donors (Lipinski definition) is 1. The number of aliphatic hydroxyl groups is 1. The van der Waals surface area contributed by atoms with Crippen LogP contribution in [0.3, 0.4) is 0 Å². The summed E-state index contributed by atoms with van der Waals surface area (Å²) >= 11 is 0. The molecule has 0 aromatic heterocycles. The first kappa shape index (κ1) is 15.0. The predicted molar refractivity (Wildman–Crippen MR) is 79.0 cm³/mol. The standard InChI is InChI=1S/C17H24O3/c1-20-15-9-6-14(7-10-15)8-11-16(18)17(19)12-4-2-3-5-13-17/h6-7,9-10,19H,2-5,8,11-13H2,1H3. The number of carbonyl (C=O) groups excluding carboxylic acids is 1. The van der Waals surface area contributed by atoms with Crippen molar-refractivity contribution in [2.75, 3.05) is 7.11 Å². The van der Waals surface area contributed by atoms with E-state index in [-0.39, 0.29) is 5.78 Å². The molecule has 1 saturated carbocycles. The summed E-state index contributed by atoms with van der Waals surface area (Å²) in [6, 6.07) is 7.76. The largest absolute Gasteiger partial charge is 0.497 e. The molecule has 0 aliphatic heterocycles. The fraction of sp³-hybridized carbons (Fsp3) is 0.588. The lowest BCUT2D eigenvalue weighted by molar-refractivity contribution is -0.138. The second-order valence-corrected chi connectivity index (χ2v) is 5.72. The van der Waals surface area contributed by atoms with Crippen LogP contribution in [-0.2, 0) is 11.2 Å². The summed E-state index contributed by atoms with van der Waals surface area (Å²) in [7, 11) is 1.64. The maximum Gasteiger partial charge on any atom is 0.164 e. The molecule has 1 aliphatic rings. The number of ether oxygens (including phenoxy) is 1. The summed E-state index contributed by atoms with van der Waals surface area (Å²) in [5.41, 5.74) is 0.0413. The van der Waals surface area contributed by atoms with E-state index in [9.17, 15) is 9.90 Å². The lowest BCUT2D eigenvalue weighted by atomic mass is 9.87. The minimum atomic E-state index is -1.07. The number of rotatable bonds is 5. The lowest BCUT2D eigenvalue weighted by Gasteiger charge is -2.24. The lowest BCUT2D eigenvalue weighted by Crippen LogP contribution is -2.38. The van der Waals surface area contributed by atoms with Gasteiger partial charge in [-0.1, -0.05) is 37.8 Å². The van der Waals surface area contributed by atoms with Gasteiger partial charge in [0, 0.05) is 6.42 Å². The van der Waals surface area contributed by atoms with Gasteiger partial charge in [-0.2, -0.15) is 0 Å². The molecule has 0 radical (unpaired) electrons. The predicted octanol–water partition coefficient (Wildman–Crippen LogP) is 3.28. The van der Waals surface area contributed by atoms with Crippen LogP contribution in [0, 0.1) is 0 Å². The Kier molecular flexibility index (Phi) is 5.18. The summed E-state index contributed by atoms with van der Waals surface area (Å²) in [6.45, 7) is 0. The molecular formula is C17H24O3. The van der Waals surface area contributed by atoms with E-state index in [1.165, 1.54) is 0 Å². The zero-order valence-corrected chi connectivity index (χ0v) is 12.2. The molecule has 3 nitrogen and oxygen atoms in total. The second kappa shape index (κ2) is 6.89. The van der Waals surface area contributed by atoms with Crippen molar-refractivity contribution in [2.24, 2.45) is 0 Å². The third-order valence-corrected chi connectivity index (χ3v) is 4.25. The van der Waals surface area contributed by atoms with Gasteiger partial charge in [0.05, 0.1) is 7.11 Å². The Morgan fingerprint density at radius 3 is 2.30 bits per heavy atom. The van der Waals surface area contributed by atoms with E-state index in [1.807, 2.05) is 24.3 Å². The van der Waals surface area contributed by atoms with E-state index < -0.39 is 5.60 Å². The molecule has 3 heteroatoms.